The molecule has 188 valence electrons. The number of guanidine groups is 1. The number of hydrogen-bond donors (Lipinski definition) is 4. The number of carbonyl (C=O) groups is 2. The Balaban J connectivity index is 0.00000544. The first-order valence-corrected chi connectivity index (χ1v) is 11.3. The summed E-state index contributed by atoms with van der Waals surface area (Å²) in [6.07, 6.45) is 9.68. The number of benzene rings is 2. The van der Waals surface area contributed by atoms with Gasteiger partial charge in [0.2, 0.25) is 5.91 Å². The van der Waals surface area contributed by atoms with Gasteiger partial charge in [0.05, 0.1) is 5.69 Å². The van der Waals surface area contributed by atoms with E-state index in [2.05, 4.69) is 10.3 Å². The van der Waals surface area contributed by atoms with E-state index in [0.717, 1.165) is 25.8 Å². The molecule has 0 bridgehead atoms. The van der Waals surface area contributed by atoms with Gasteiger partial charge in [-0.3, -0.25) is 9.59 Å². The van der Waals surface area contributed by atoms with Gasteiger partial charge in [-0.1, -0.05) is 38.5 Å². The molecular weight excluding hydrogens is 473 g/mol. The number of nitrogens with one attached hydrogen (secondary N) is 1. The Kier molecular flexibility index (Phi) is 16.4. The smallest absolute Gasteiger partial charge is 0.224 e. The van der Waals surface area contributed by atoms with Gasteiger partial charge in [-0.25, -0.2) is 4.99 Å². The van der Waals surface area contributed by atoms with Gasteiger partial charge in [0.15, 0.2) is 11.7 Å². The van der Waals surface area contributed by atoms with Crippen molar-refractivity contribution in [2.45, 2.75) is 57.8 Å². The summed E-state index contributed by atoms with van der Waals surface area (Å²) in [6.45, 7) is 0.781. The van der Waals surface area contributed by atoms with E-state index < -0.39 is 0 Å². The van der Waals surface area contributed by atoms with E-state index in [-0.39, 0.29) is 42.5 Å². The van der Waals surface area contributed by atoms with Gasteiger partial charge in [0.25, 0.3) is 0 Å². The number of nitrogens with zero attached hydrogens (tertiary/aromatic N) is 1. The highest BCUT2D eigenvalue weighted by molar-refractivity contribution is 6.09. The van der Waals surface area contributed by atoms with Crippen molar-refractivity contribution in [2.75, 3.05) is 11.9 Å². The average molecular weight is 511 g/mol. The van der Waals surface area contributed by atoms with E-state index in [1.807, 2.05) is 0 Å². The molecule has 0 saturated carbocycles. The summed E-state index contributed by atoms with van der Waals surface area (Å²) in [5.74, 6) is -0.139. The number of anilines is 1. The third-order valence-corrected chi connectivity index (χ3v) is 5.18. The zero-order valence-corrected chi connectivity index (χ0v) is 21.1. The molecule has 7 nitrogen and oxygen atoms in total. The van der Waals surface area contributed by atoms with E-state index in [1.165, 1.54) is 32.1 Å². The molecule has 0 atom stereocenters. The van der Waals surface area contributed by atoms with E-state index in [0.29, 0.717) is 28.9 Å². The maximum absolute atomic E-state index is 12.6. The zero-order valence-electron chi connectivity index (χ0n) is 19.5. The Labute approximate surface area is 214 Å². The number of unbranched alkanes of at least 4 members (excludes halogenated alkanes) is 7. The molecule has 0 spiro atoms. The second-order valence-corrected chi connectivity index (χ2v) is 7.91. The monoisotopic (exact) mass is 509 g/mol. The fourth-order valence-electron chi connectivity index (χ4n) is 3.42. The van der Waals surface area contributed by atoms with Crippen molar-refractivity contribution >= 4 is 53.8 Å². The highest BCUT2D eigenvalue weighted by Crippen LogP contribution is 2.18. The molecule has 0 saturated heterocycles. The summed E-state index contributed by atoms with van der Waals surface area (Å²) >= 11 is 0. The quantitative estimate of drug-likeness (QED) is 0.122. The second-order valence-electron chi connectivity index (χ2n) is 7.91. The fraction of sp³-hybridized carbons (Fsp3) is 0.400. The van der Waals surface area contributed by atoms with Crippen LogP contribution in [-0.2, 0) is 4.79 Å². The van der Waals surface area contributed by atoms with Crippen molar-refractivity contribution in [3.8, 4) is 0 Å². The van der Waals surface area contributed by atoms with Crippen LogP contribution in [0.25, 0.3) is 0 Å². The molecule has 0 aliphatic carbocycles. The number of amides is 1. The van der Waals surface area contributed by atoms with Crippen LogP contribution in [0.1, 0.15) is 73.7 Å². The molecule has 0 aliphatic heterocycles. The summed E-state index contributed by atoms with van der Waals surface area (Å²) < 4.78 is 0. The Morgan fingerprint density at radius 3 is 1.68 bits per heavy atom. The van der Waals surface area contributed by atoms with Crippen LogP contribution in [0.3, 0.4) is 0 Å². The van der Waals surface area contributed by atoms with Crippen LogP contribution >= 0.6 is 24.8 Å². The minimum Gasteiger partial charge on any atom is -0.370 e. The minimum absolute atomic E-state index is 0. The van der Waals surface area contributed by atoms with Gasteiger partial charge in [0.1, 0.15) is 0 Å². The first-order valence-electron chi connectivity index (χ1n) is 11.3. The Bertz CT molecular complexity index is 883. The molecule has 0 aromatic heterocycles. The van der Waals surface area contributed by atoms with E-state index in [9.17, 15) is 9.59 Å². The molecule has 2 rings (SSSR count). The van der Waals surface area contributed by atoms with Crippen molar-refractivity contribution in [2.24, 2.45) is 22.2 Å². The highest BCUT2D eigenvalue weighted by Gasteiger charge is 2.10. The lowest BCUT2D eigenvalue weighted by Gasteiger charge is -2.07. The molecule has 2 aromatic rings. The van der Waals surface area contributed by atoms with Crippen LogP contribution in [0.2, 0.25) is 0 Å². The van der Waals surface area contributed by atoms with Crippen LogP contribution in [0.15, 0.2) is 53.5 Å². The molecule has 1 amide bonds. The second kappa shape index (κ2) is 17.8. The molecule has 34 heavy (non-hydrogen) atoms. The summed E-state index contributed by atoms with van der Waals surface area (Å²) in [4.78, 5) is 28.7. The van der Waals surface area contributed by atoms with Crippen LogP contribution in [0, 0.1) is 0 Å². The molecule has 0 aliphatic rings. The Morgan fingerprint density at radius 2 is 1.18 bits per heavy atom. The van der Waals surface area contributed by atoms with Crippen LogP contribution in [0.4, 0.5) is 11.4 Å². The molecule has 7 N–H and O–H groups in total. The van der Waals surface area contributed by atoms with E-state index in [1.54, 1.807) is 48.5 Å². The normalized spacial score (nSPS) is 9.91. The van der Waals surface area contributed by atoms with Crippen molar-refractivity contribution < 1.29 is 9.59 Å². The summed E-state index contributed by atoms with van der Waals surface area (Å²) in [7, 11) is 0. The topological polar surface area (TPSA) is 137 Å². The van der Waals surface area contributed by atoms with Gasteiger partial charge in [-0.05, 0) is 67.9 Å². The molecule has 0 unspecified atom stereocenters. The number of halogens is 2. The van der Waals surface area contributed by atoms with Gasteiger partial charge >= 0.3 is 0 Å². The van der Waals surface area contributed by atoms with Gasteiger partial charge in [0, 0.05) is 23.2 Å². The SMILES string of the molecule is Cl.Cl.NCCCCCCCCCCC(=O)Nc1ccc(C(=O)c2ccc(N=C(N)N)cc2)cc1. The largest absolute Gasteiger partial charge is 0.370 e. The lowest BCUT2D eigenvalue weighted by Crippen LogP contribution is -2.21. The van der Waals surface area contributed by atoms with E-state index in [4.69, 9.17) is 17.2 Å². The summed E-state index contributed by atoms with van der Waals surface area (Å²) in [6, 6.07) is 13.7. The maximum atomic E-state index is 12.6. The molecule has 2 aromatic carbocycles. The number of hydrogen-bond acceptors (Lipinski definition) is 4. The molecule has 0 heterocycles. The molecule has 0 radical (unpaired) electrons. The third-order valence-electron chi connectivity index (χ3n) is 5.18. The van der Waals surface area contributed by atoms with Gasteiger partial charge in [-0.15, -0.1) is 24.8 Å². The lowest BCUT2D eigenvalue weighted by molar-refractivity contribution is -0.116. The fourth-order valence-corrected chi connectivity index (χ4v) is 3.42. The van der Waals surface area contributed by atoms with Crippen molar-refractivity contribution in [3.05, 3.63) is 59.7 Å². The predicted octanol–water partition coefficient (Wildman–Crippen LogP) is 5.07. The predicted molar refractivity (Wildman–Crippen MR) is 146 cm³/mol. The van der Waals surface area contributed by atoms with Crippen LogP contribution < -0.4 is 22.5 Å². The number of rotatable bonds is 14. The Hall–Kier alpha value is -2.61. The van der Waals surface area contributed by atoms with E-state index >= 15 is 0 Å². The number of ketones is 1. The number of nitrogens with two attached hydrogens (primary N) is 3. The molecule has 0 fully saturated rings. The van der Waals surface area contributed by atoms with Crippen LogP contribution in [-0.4, -0.2) is 24.2 Å². The number of carbonyl (C=O) groups excluding carboxylic acids is 2. The van der Waals surface area contributed by atoms with Crippen molar-refractivity contribution in [3.63, 3.8) is 0 Å². The molecule has 9 heteroatoms. The third kappa shape index (κ3) is 12.0. The molecular formula is C25H37Cl2N5O2. The first-order chi connectivity index (χ1) is 15.5. The van der Waals surface area contributed by atoms with Crippen LogP contribution in [0.5, 0.6) is 0 Å². The van der Waals surface area contributed by atoms with Crippen molar-refractivity contribution in [1.29, 1.82) is 0 Å². The highest BCUT2D eigenvalue weighted by atomic mass is 35.5. The van der Waals surface area contributed by atoms with Gasteiger partial charge in [-0.2, -0.15) is 0 Å². The zero-order chi connectivity index (χ0) is 23.2. The first kappa shape index (κ1) is 31.4. The van der Waals surface area contributed by atoms with Crippen molar-refractivity contribution in [1.82, 2.24) is 0 Å². The summed E-state index contributed by atoms with van der Waals surface area (Å²) in [5, 5.41) is 2.90. The average Bonchev–Trinajstić information content (AvgIpc) is 2.78. The minimum atomic E-state index is -0.109. The summed E-state index contributed by atoms with van der Waals surface area (Å²) in [5.41, 5.74) is 18.6. The Morgan fingerprint density at radius 1 is 0.706 bits per heavy atom. The van der Waals surface area contributed by atoms with Gasteiger partial charge < -0.3 is 22.5 Å². The maximum Gasteiger partial charge on any atom is 0.224 e. The number of aliphatic imine (C=N–C) groups is 1. The standard InChI is InChI=1S/C25H35N5O2.2ClH/c26-18-8-6-4-2-1-3-5-7-9-23(31)29-21-14-10-19(11-15-21)24(32)20-12-16-22(17-13-20)30-25(27)28;;/h10-17H,1-9,18,26H2,(H,29,31)(H4,27,28,30);2*1H. The lowest BCUT2D eigenvalue weighted by atomic mass is 10.0.